The fourth-order valence-electron chi connectivity index (χ4n) is 4.20. The Labute approximate surface area is 197 Å². The first kappa shape index (κ1) is 23.9. The van der Waals surface area contributed by atoms with Gasteiger partial charge < -0.3 is 15.4 Å². The van der Waals surface area contributed by atoms with Gasteiger partial charge in [0.2, 0.25) is 5.95 Å². The van der Waals surface area contributed by atoms with Crippen LogP contribution >= 0.6 is 0 Å². The molecule has 34 heavy (non-hydrogen) atoms. The Balaban J connectivity index is 1.57. The first-order valence-electron chi connectivity index (χ1n) is 11.6. The molecule has 0 spiro atoms. The van der Waals surface area contributed by atoms with E-state index in [1.807, 2.05) is 26.0 Å². The lowest BCUT2D eigenvalue weighted by atomic mass is 9.84. The highest BCUT2D eigenvalue weighted by Gasteiger charge is 2.35. The number of aromatic nitrogens is 2. The first-order valence-corrected chi connectivity index (χ1v) is 11.6. The molecule has 1 aliphatic carbocycles. The Morgan fingerprint density at radius 1 is 0.941 bits per heavy atom. The third-order valence-electron chi connectivity index (χ3n) is 5.84. The number of benzene rings is 2. The molecule has 0 radical (unpaired) electrons. The molecule has 1 saturated carbocycles. The molecule has 180 valence electrons. The van der Waals surface area contributed by atoms with E-state index in [2.05, 4.69) is 32.7 Å². The number of rotatable bonds is 7. The van der Waals surface area contributed by atoms with Gasteiger partial charge in [0.1, 0.15) is 17.1 Å². The van der Waals surface area contributed by atoms with Crippen molar-refractivity contribution in [2.75, 3.05) is 10.6 Å². The Morgan fingerprint density at radius 2 is 1.65 bits per heavy atom. The Morgan fingerprint density at radius 3 is 2.32 bits per heavy atom. The topological polar surface area (TPSA) is 59.1 Å². The lowest BCUT2D eigenvalue weighted by Gasteiger charge is -2.22. The first-order chi connectivity index (χ1) is 16.3. The molecular formula is C26H29F3N4O. The smallest absolute Gasteiger partial charge is 0.421 e. The van der Waals surface area contributed by atoms with Gasteiger partial charge in [-0.1, -0.05) is 43.5 Å². The van der Waals surface area contributed by atoms with Crippen LogP contribution in [0.4, 0.5) is 36.3 Å². The number of hydrogen-bond acceptors (Lipinski definition) is 5. The van der Waals surface area contributed by atoms with Gasteiger partial charge in [-0.05, 0) is 62.4 Å². The number of hydrogen-bond donors (Lipinski definition) is 2. The molecule has 0 saturated heterocycles. The zero-order valence-corrected chi connectivity index (χ0v) is 19.3. The normalized spacial score (nSPS) is 14.8. The van der Waals surface area contributed by atoms with Gasteiger partial charge in [-0.15, -0.1) is 0 Å². The van der Waals surface area contributed by atoms with Gasteiger partial charge in [-0.3, -0.25) is 0 Å². The molecule has 3 aromatic rings. The summed E-state index contributed by atoms with van der Waals surface area (Å²) in [4.78, 5) is 8.07. The van der Waals surface area contributed by atoms with Crippen LogP contribution in [0, 0.1) is 0 Å². The number of nitrogens with one attached hydrogen (secondary N) is 2. The van der Waals surface area contributed by atoms with E-state index in [0.29, 0.717) is 23.0 Å². The third kappa shape index (κ3) is 5.98. The van der Waals surface area contributed by atoms with Crippen LogP contribution in [0.25, 0.3) is 0 Å². The molecule has 0 amide bonds. The van der Waals surface area contributed by atoms with Crippen molar-refractivity contribution in [3.8, 4) is 5.75 Å². The second-order valence-electron chi connectivity index (χ2n) is 8.82. The third-order valence-corrected chi connectivity index (χ3v) is 5.84. The standard InChI is InChI=1S/C26H29F3N4O/c1-17(2)34-23-11-7-6-10-22(23)32-24-21(26(27,28)29)16-30-25(33-24)31-20-14-12-19(13-15-20)18-8-4-3-5-9-18/h6-7,10-18H,3-5,8-9H2,1-2H3,(H2,30,31,32,33). The highest BCUT2D eigenvalue weighted by atomic mass is 19.4. The molecule has 1 aromatic heterocycles. The number of alkyl halides is 3. The number of halogens is 3. The molecule has 8 heteroatoms. The molecule has 0 atom stereocenters. The molecule has 0 aliphatic heterocycles. The second kappa shape index (κ2) is 10.3. The van der Waals surface area contributed by atoms with Crippen molar-refractivity contribution in [2.45, 2.75) is 64.1 Å². The minimum Gasteiger partial charge on any atom is -0.489 e. The van der Waals surface area contributed by atoms with Crippen molar-refractivity contribution in [2.24, 2.45) is 0 Å². The molecule has 1 fully saturated rings. The van der Waals surface area contributed by atoms with Gasteiger partial charge in [0.25, 0.3) is 0 Å². The van der Waals surface area contributed by atoms with Crippen LogP contribution in [-0.4, -0.2) is 16.1 Å². The van der Waals surface area contributed by atoms with Crippen molar-refractivity contribution >= 4 is 23.1 Å². The van der Waals surface area contributed by atoms with Gasteiger partial charge in [0.05, 0.1) is 11.8 Å². The molecule has 2 N–H and O–H groups in total. The fourth-order valence-corrected chi connectivity index (χ4v) is 4.20. The maximum atomic E-state index is 13.7. The van der Waals surface area contributed by atoms with Crippen molar-refractivity contribution in [1.82, 2.24) is 9.97 Å². The molecular weight excluding hydrogens is 441 g/mol. The van der Waals surface area contributed by atoms with Gasteiger partial charge in [0, 0.05) is 11.9 Å². The van der Waals surface area contributed by atoms with E-state index in [1.54, 1.807) is 24.3 Å². The van der Waals surface area contributed by atoms with Crippen LogP contribution in [0.15, 0.2) is 54.7 Å². The van der Waals surface area contributed by atoms with Crippen molar-refractivity contribution in [3.05, 3.63) is 65.9 Å². The molecule has 4 rings (SSSR count). The van der Waals surface area contributed by atoms with Crippen molar-refractivity contribution in [1.29, 1.82) is 0 Å². The lowest BCUT2D eigenvalue weighted by Crippen LogP contribution is -2.13. The van der Waals surface area contributed by atoms with E-state index < -0.39 is 11.7 Å². The summed E-state index contributed by atoms with van der Waals surface area (Å²) < 4.78 is 46.7. The van der Waals surface area contributed by atoms with Gasteiger partial charge in [-0.2, -0.15) is 18.2 Å². The van der Waals surface area contributed by atoms with Gasteiger partial charge in [0.15, 0.2) is 0 Å². The van der Waals surface area contributed by atoms with E-state index in [9.17, 15) is 13.2 Å². The highest BCUT2D eigenvalue weighted by molar-refractivity contribution is 5.67. The molecule has 1 heterocycles. The van der Waals surface area contributed by atoms with Crippen LogP contribution < -0.4 is 15.4 Å². The summed E-state index contributed by atoms with van der Waals surface area (Å²) in [6.07, 6.45) is 2.25. The number of para-hydroxylation sites is 2. The van der Waals surface area contributed by atoms with Gasteiger partial charge in [-0.25, -0.2) is 4.98 Å². The number of anilines is 4. The Bertz CT molecular complexity index is 1090. The summed E-state index contributed by atoms with van der Waals surface area (Å²) >= 11 is 0. The molecule has 0 unspecified atom stereocenters. The van der Waals surface area contributed by atoms with Crippen molar-refractivity contribution in [3.63, 3.8) is 0 Å². The van der Waals surface area contributed by atoms with E-state index in [4.69, 9.17) is 4.74 Å². The average molecular weight is 471 g/mol. The molecule has 0 bridgehead atoms. The van der Waals surface area contributed by atoms with E-state index in [-0.39, 0.29) is 17.9 Å². The zero-order chi connectivity index (χ0) is 24.1. The number of ether oxygens (including phenoxy) is 1. The average Bonchev–Trinajstić information content (AvgIpc) is 2.80. The molecule has 5 nitrogen and oxygen atoms in total. The molecule has 1 aliphatic rings. The summed E-state index contributed by atoms with van der Waals surface area (Å²) in [6, 6.07) is 14.8. The quantitative estimate of drug-likeness (QED) is 0.369. The van der Waals surface area contributed by atoms with E-state index >= 15 is 0 Å². The summed E-state index contributed by atoms with van der Waals surface area (Å²) in [5.74, 6) is 0.748. The van der Waals surface area contributed by atoms with E-state index in [1.165, 1.54) is 37.7 Å². The lowest BCUT2D eigenvalue weighted by molar-refractivity contribution is -0.137. The zero-order valence-electron chi connectivity index (χ0n) is 19.3. The van der Waals surface area contributed by atoms with Crippen LogP contribution in [0.2, 0.25) is 0 Å². The predicted molar refractivity (Wildman–Crippen MR) is 128 cm³/mol. The van der Waals surface area contributed by atoms with Crippen LogP contribution in [0.1, 0.15) is 63.0 Å². The molecule has 2 aromatic carbocycles. The summed E-state index contributed by atoms with van der Waals surface area (Å²) in [7, 11) is 0. The SMILES string of the molecule is CC(C)Oc1ccccc1Nc1nc(Nc2ccc(C3CCCCC3)cc2)ncc1C(F)(F)F. The minimum absolute atomic E-state index is 0.0724. The summed E-state index contributed by atoms with van der Waals surface area (Å²) in [5.41, 5.74) is 1.45. The maximum Gasteiger partial charge on any atom is 0.421 e. The summed E-state index contributed by atoms with van der Waals surface area (Å²) in [6.45, 7) is 3.70. The fraction of sp³-hybridized carbons (Fsp3) is 0.385. The van der Waals surface area contributed by atoms with Crippen LogP contribution in [0.3, 0.4) is 0 Å². The van der Waals surface area contributed by atoms with Crippen molar-refractivity contribution < 1.29 is 17.9 Å². The largest absolute Gasteiger partial charge is 0.489 e. The Hall–Kier alpha value is -3.29. The maximum absolute atomic E-state index is 13.7. The minimum atomic E-state index is -4.61. The van der Waals surface area contributed by atoms with E-state index in [0.717, 1.165) is 6.20 Å². The highest BCUT2D eigenvalue weighted by Crippen LogP contribution is 2.37. The predicted octanol–water partition coefficient (Wildman–Crippen LogP) is 7.82. The van der Waals surface area contributed by atoms with Gasteiger partial charge >= 0.3 is 6.18 Å². The summed E-state index contributed by atoms with van der Waals surface area (Å²) in [5, 5.41) is 5.82. The van der Waals surface area contributed by atoms with Crippen LogP contribution in [0.5, 0.6) is 5.75 Å². The van der Waals surface area contributed by atoms with Crippen LogP contribution in [-0.2, 0) is 6.18 Å². The second-order valence-corrected chi connectivity index (χ2v) is 8.82. The number of nitrogens with zero attached hydrogens (tertiary/aromatic N) is 2. The Kier molecular flexibility index (Phi) is 7.24. The monoisotopic (exact) mass is 470 g/mol.